The average Bonchev–Trinajstić information content (AvgIpc) is 2.36. The van der Waals surface area contributed by atoms with Crippen LogP contribution in [0.25, 0.3) is 0 Å². The third-order valence-corrected chi connectivity index (χ3v) is 5.22. The summed E-state index contributed by atoms with van der Waals surface area (Å²) in [6, 6.07) is 7.25. The Kier molecular flexibility index (Phi) is 5.16. The SMILES string of the molecule is CNC(CS(=O)(=O)C(C)C)c1ccc(OC)cc1. The first-order chi connectivity index (χ1) is 8.40. The summed E-state index contributed by atoms with van der Waals surface area (Å²) >= 11 is 0. The van der Waals surface area contributed by atoms with Gasteiger partial charge >= 0.3 is 0 Å². The van der Waals surface area contributed by atoms with Crippen molar-refractivity contribution in [1.29, 1.82) is 0 Å². The van der Waals surface area contributed by atoms with Crippen molar-refractivity contribution in [2.45, 2.75) is 25.1 Å². The van der Waals surface area contributed by atoms with Crippen molar-refractivity contribution in [3.63, 3.8) is 0 Å². The highest BCUT2D eigenvalue weighted by atomic mass is 32.2. The number of sulfone groups is 1. The van der Waals surface area contributed by atoms with Gasteiger partial charge in [-0.2, -0.15) is 0 Å². The van der Waals surface area contributed by atoms with E-state index in [0.717, 1.165) is 11.3 Å². The molecule has 0 amide bonds. The molecule has 1 unspecified atom stereocenters. The number of nitrogens with one attached hydrogen (secondary N) is 1. The van der Waals surface area contributed by atoms with Gasteiger partial charge in [0.2, 0.25) is 0 Å². The molecule has 0 spiro atoms. The molecule has 0 fully saturated rings. The Balaban J connectivity index is 2.89. The van der Waals surface area contributed by atoms with Crippen LogP contribution in [0.4, 0.5) is 0 Å². The molecule has 1 N–H and O–H groups in total. The highest BCUT2D eigenvalue weighted by molar-refractivity contribution is 7.92. The Labute approximate surface area is 109 Å². The second-order valence-corrected chi connectivity index (χ2v) is 7.09. The number of hydrogen-bond donors (Lipinski definition) is 1. The zero-order valence-corrected chi connectivity index (χ0v) is 12.1. The Morgan fingerprint density at radius 1 is 1.22 bits per heavy atom. The van der Waals surface area contributed by atoms with Crippen LogP contribution >= 0.6 is 0 Å². The third kappa shape index (κ3) is 3.71. The number of benzene rings is 1. The lowest BCUT2D eigenvalue weighted by atomic mass is 10.1. The van der Waals surface area contributed by atoms with Gasteiger partial charge in [-0.3, -0.25) is 0 Å². The Morgan fingerprint density at radius 3 is 2.17 bits per heavy atom. The highest BCUT2D eigenvalue weighted by Gasteiger charge is 2.22. The molecule has 18 heavy (non-hydrogen) atoms. The molecule has 1 aromatic rings. The van der Waals surface area contributed by atoms with Crippen molar-refractivity contribution >= 4 is 9.84 Å². The van der Waals surface area contributed by atoms with Gasteiger partial charge in [0, 0.05) is 6.04 Å². The van der Waals surface area contributed by atoms with Crippen LogP contribution in [0, 0.1) is 0 Å². The molecular formula is C13H21NO3S. The lowest BCUT2D eigenvalue weighted by molar-refractivity contribution is 0.414. The maximum Gasteiger partial charge on any atom is 0.154 e. The molecule has 0 bridgehead atoms. The van der Waals surface area contributed by atoms with Gasteiger partial charge in [-0.05, 0) is 38.6 Å². The minimum atomic E-state index is -3.07. The normalized spacial score (nSPS) is 13.6. The smallest absolute Gasteiger partial charge is 0.154 e. The van der Waals surface area contributed by atoms with E-state index in [1.807, 2.05) is 24.3 Å². The molecule has 102 valence electrons. The number of methoxy groups -OCH3 is 1. The van der Waals surface area contributed by atoms with E-state index in [4.69, 9.17) is 4.74 Å². The molecule has 1 aromatic carbocycles. The molecule has 1 atom stereocenters. The largest absolute Gasteiger partial charge is 0.497 e. The van der Waals surface area contributed by atoms with Crippen molar-refractivity contribution < 1.29 is 13.2 Å². The topological polar surface area (TPSA) is 55.4 Å². The van der Waals surface area contributed by atoms with Gasteiger partial charge < -0.3 is 10.1 Å². The Hall–Kier alpha value is -1.07. The Bertz CT molecular complexity index is 466. The summed E-state index contributed by atoms with van der Waals surface area (Å²) in [5, 5.41) is 2.69. The lowest BCUT2D eigenvalue weighted by Crippen LogP contribution is -2.29. The maximum absolute atomic E-state index is 11.9. The number of ether oxygens (including phenoxy) is 1. The third-order valence-electron chi connectivity index (χ3n) is 2.98. The molecule has 4 nitrogen and oxygen atoms in total. The lowest BCUT2D eigenvalue weighted by Gasteiger charge is -2.18. The minimum absolute atomic E-state index is 0.105. The van der Waals surface area contributed by atoms with E-state index in [1.165, 1.54) is 0 Å². The molecule has 0 aliphatic carbocycles. The summed E-state index contributed by atoms with van der Waals surface area (Å²) < 4.78 is 28.9. The first-order valence-corrected chi connectivity index (χ1v) is 7.65. The molecule has 0 radical (unpaired) electrons. The molecule has 1 rings (SSSR count). The molecular weight excluding hydrogens is 250 g/mol. The monoisotopic (exact) mass is 271 g/mol. The Morgan fingerprint density at radius 2 is 1.78 bits per heavy atom. The zero-order valence-electron chi connectivity index (χ0n) is 11.3. The van der Waals surface area contributed by atoms with Crippen LogP contribution in [-0.4, -0.2) is 33.6 Å². The molecule has 0 saturated heterocycles. The van der Waals surface area contributed by atoms with Gasteiger partial charge in [0.1, 0.15) is 5.75 Å². The van der Waals surface area contributed by atoms with E-state index >= 15 is 0 Å². The number of rotatable bonds is 6. The van der Waals surface area contributed by atoms with E-state index in [2.05, 4.69) is 5.32 Å². The summed E-state index contributed by atoms with van der Waals surface area (Å²) in [5.74, 6) is 0.869. The van der Waals surface area contributed by atoms with Gasteiger partial charge in [-0.15, -0.1) is 0 Å². The van der Waals surface area contributed by atoms with Crippen LogP contribution in [0.15, 0.2) is 24.3 Å². The van der Waals surface area contributed by atoms with E-state index in [1.54, 1.807) is 28.0 Å². The van der Waals surface area contributed by atoms with Crippen LogP contribution in [0.3, 0.4) is 0 Å². The summed E-state index contributed by atoms with van der Waals surface area (Å²) in [6.07, 6.45) is 0. The van der Waals surface area contributed by atoms with Gasteiger partial charge in [0.25, 0.3) is 0 Å². The first-order valence-electron chi connectivity index (χ1n) is 5.93. The second kappa shape index (κ2) is 6.20. The van der Waals surface area contributed by atoms with Gasteiger partial charge in [-0.25, -0.2) is 8.42 Å². The van der Waals surface area contributed by atoms with Crippen molar-refractivity contribution in [1.82, 2.24) is 5.32 Å². The van der Waals surface area contributed by atoms with Crippen LogP contribution in [0.2, 0.25) is 0 Å². The number of hydrogen-bond acceptors (Lipinski definition) is 4. The minimum Gasteiger partial charge on any atom is -0.497 e. The van der Waals surface area contributed by atoms with Crippen LogP contribution in [0.1, 0.15) is 25.5 Å². The van der Waals surface area contributed by atoms with E-state index in [9.17, 15) is 8.42 Å². The second-order valence-electron chi connectivity index (χ2n) is 4.49. The van der Waals surface area contributed by atoms with E-state index in [0.29, 0.717) is 0 Å². The first kappa shape index (κ1) is 15.0. The molecule has 5 heteroatoms. The van der Waals surface area contributed by atoms with Crippen LogP contribution in [-0.2, 0) is 9.84 Å². The average molecular weight is 271 g/mol. The van der Waals surface area contributed by atoms with Crippen LogP contribution < -0.4 is 10.1 Å². The maximum atomic E-state index is 11.9. The molecule has 0 heterocycles. The highest BCUT2D eigenvalue weighted by Crippen LogP contribution is 2.20. The van der Waals surface area contributed by atoms with Crippen molar-refractivity contribution in [3.8, 4) is 5.75 Å². The quantitative estimate of drug-likeness (QED) is 0.857. The fourth-order valence-electron chi connectivity index (χ4n) is 1.61. The summed E-state index contributed by atoms with van der Waals surface area (Å²) in [6.45, 7) is 3.41. The van der Waals surface area contributed by atoms with Crippen molar-refractivity contribution in [3.05, 3.63) is 29.8 Å². The van der Waals surface area contributed by atoms with Gasteiger partial charge in [0.05, 0.1) is 18.1 Å². The fraction of sp³-hybridized carbons (Fsp3) is 0.538. The van der Waals surface area contributed by atoms with E-state index < -0.39 is 9.84 Å². The standard InChI is InChI=1S/C13H21NO3S/c1-10(2)18(15,16)9-13(14-3)11-5-7-12(17-4)8-6-11/h5-8,10,13-14H,9H2,1-4H3. The molecule has 0 aliphatic rings. The van der Waals surface area contributed by atoms with Crippen molar-refractivity contribution in [2.24, 2.45) is 0 Å². The summed E-state index contributed by atoms with van der Waals surface area (Å²) in [5.41, 5.74) is 0.947. The summed E-state index contributed by atoms with van der Waals surface area (Å²) in [7, 11) is 0.306. The molecule has 0 saturated carbocycles. The van der Waals surface area contributed by atoms with Gasteiger partial charge in [0.15, 0.2) is 9.84 Å². The van der Waals surface area contributed by atoms with Gasteiger partial charge in [-0.1, -0.05) is 12.1 Å². The van der Waals surface area contributed by atoms with Crippen molar-refractivity contribution in [2.75, 3.05) is 19.9 Å². The molecule has 0 aromatic heterocycles. The zero-order chi connectivity index (χ0) is 13.8. The molecule has 0 aliphatic heterocycles. The van der Waals surface area contributed by atoms with E-state index in [-0.39, 0.29) is 17.0 Å². The predicted octanol–water partition coefficient (Wildman–Crippen LogP) is 1.78. The summed E-state index contributed by atoms with van der Waals surface area (Å²) in [4.78, 5) is 0. The fourth-order valence-corrected chi connectivity index (χ4v) is 2.82. The van der Waals surface area contributed by atoms with Crippen LogP contribution in [0.5, 0.6) is 5.75 Å². The predicted molar refractivity (Wildman–Crippen MR) is 73.7 cm³/mol.